The fourth-order valence-corrected chi connectivity index (χ4v) is 3.70. The van der Waals surface area contributed by atoms with Crippen molar-refractivity contribution in [1.82, 2.24) is 0 Å². The Kier molecular flexibility index (Phi) is 5.63. The summed E-state index contributed by atoms with van der Waals surface area (Å²) < 4.78 is 26.7. The van der Waals surface area contributed by atoms with Crippen LogP contribution in [-0.2, 0) is 17.1 Å². The van der Waals surface area contributed by atoms with Gasteiger partial charge in [0, 0.05) is 0 Å². The van der Waals surface area contributed by atoms with Crippen LogP contribution in [-0.4, -0.2) is 35.3 Å². The number of nitrogens with one attached hydrogen (secondary N) is 1. The van der Waals surface area contributed by atoms with Gasteiger partial charge in [-0.25, -0.2) is 0 Å². The van der Waals surface area contributed by atoms with E-state index in [1.165, 1.54) is 13.0 Å². The molecule has 7 nitrogen and oxygen atoms in total. The van der Waals surface area contributed by atoms with Gasteiger partial charge in [-0.15, -0.1) is 0 Å². The summed E-state index contributed by atoms with van der Waals surface area (Å²) in [5, 5.41) is 11.9. The first-order chi connectivity index (χ1) is 9.67. The summed E-state index contributed by atoms with van der Waals surface area (Å²) in [4.78, 5) is 22.6. The number of carbonyl (C=O) groups is 2. The molecular weight excluding hydrogens is 341 g/mol. The van der Waals surface area contributed by atoms with Crippen molar-refractivity contribution in [2.75, 3.05) is 5.32 Å². The van der Waals surface area contributed by atoms with Crippen LogP contribution in [0, 0.1) is 5.92 Å². The molecule has 0 aliphatic heterocycles. The van der Waals surface area contributed by atoms with Crippen molar-refractivity contribution in [3.63, 3.8) is 0 Å². The van der Waals surface area contributed by atoms with E-state index < -0.39 is 32.0 Å². The van der Waals surface area contributed by atoms with Crippen LogP contribution in [0.4, 0.5) is 5.69 Å². The maximum atomic E-state index is 12.2. The molecule has 2 atom stereocenters. The second kappa shape index (κ2) is 6.82. The molecule has 0 bridgehead atoms. The number of carbonyl (C=O) groups excluding carboxylic acids is 2. The molecule has 0 saturated carbocycles. The molecule has 1 amide bonds. The number of rotatable bonds is 5. The Morgan fingerprint density at radius 2 is 2.05 bits per heavy atom. The van der Waals surface area contributed by atoms with E-state index in [1.54, 1.807) is 13.8 Å². The van der Waals surface area contributed by atoms with Crippen molar-refractivity contribution >= 4 is 36.1 Å². The molecule has 21 heavy (non-hydrogen) atoms. The molecule has 0 spiro atoms. The van der Waals surface area contributed by atoms with Crippen LogP contribution >= 0.6 is 0 Å². The molecule has 0 heterocycles. The minimum atomic E-state index is -5.07. The van der Waals surface area contributed by atoms with E-state index in [4.69, 9.17) is 3.73 Å². The third-order valence-corrected chi connectivity index (χ3v) is 5.70. The normalized spacial score (nSPS) is 14.9. The van der Waals surface area contributed by atoms with Crippen molar-refractivity contribution < 1.29 is 26.3 Å². The topological polar surface area (TPSA) is 113 Å². The number of phenols is 1. The molecule has 1 aromatic carbocycles. The van der Waals surface area contributed by atoms with Crippen molar-refractivity contribution in [3.05, 3.63) is 18.2 Å². The fraction of sp³-hybridized carbons (Fsp3) is 0.385. The van der Waals surface area contributed by atoms with Gasteiger partial charge >= 0.3 is 125 Å². The van der Waals surface area contributed by atoms with Crippen LogP contribution in [0.15, 0.2) is 18.2 Å². The van der Waals surface area contributed by atoms with Gasteiger partial charge in [-0.2, -0.15) is 0 Å². The van der Waals surface area contributed by atoms with E-state index in [9.17, 15) is 22.5 Å². The Labute approximate surface area is 125 Å². The Bertz CT molecular complexity index is 600. The number of benzene rings is 1. The van der Waals surface area contributed by atoms with Crippen LogP contribution in [0.1, 0.15) is 27.2 Å². The molecule has 116 valence electrons. The molecule has 0 aliphatic carbocycles. The first kappa shape index (κ1) is 17.3. The summed E-state index contributed by atoms with van der Waals surface area (Å²) in [7, 11) is 0. The Morgan fingerprint density at radius 1 is 1.43 bits per heavy atom. The van der Waals surface area contributed by atoms with Gasteiger partial charge in [-0.05, 0) is 0 Å². The molecule has 8 heteroatoms. The third-order valence-electron chi connectivity index (χ3n) is 2.85. The molecule has 1 rings (SSSR count). The van der Waals surface area contributed by atoms with Gasteiger partial charge in [0.2, 0.25) is 0 Å². The molecule has 0 aromatic heterocycles. The Hall–Kier alpha value is -1.72. The van der Waals surface area contributed by atoms with Gasteiger partial charge in [-0.3, -0.25) is 0 Å². The number of aromatic hydroxyl groups is 1. The zero-order valence-electron chi connectivity index (χ0n) is 12.0. The van der Waals surface area contributed by atoms with Crippen LogP contribution in [0.3, 0.4) is 0 Å². The molecule has 3 N–H and O–H groups in total. The van der Waals surface area contributed by atoms with E-state index in [-0.39, 0.29) is 15.8 Å². The molecule has 1 unspecified atom stereocenters. The second-order valence-electron chi connectivity index (χ2n) is 4.62. The molecule has 0 aliphatic rings. The van der Waals surface area contributed by atoms with E-state index in [1.807, 2.05) is 0 Å². The van der Waals surface area contributed by atoms with Crippen molar-refractivity contribution in [2.24, 2.45) is 5.92 Å². The summed E-state index contributed by atoms with van der Waals surface area (Å²) in [5.74, 6) is -1.94. The summed E-state index contributed by atoms with van der Waals surface area (Å²) >= 11 is -5.07. The predicted octanol–water partition coefficient (Wildman–Crippen LogP) is 0.509. The summed E-state index contributed by atoms with van der Waals surface area (Å²) in [6.45, 7) is 4.59. The van der Waals surface area contributed by atoms with Crippen LogP contribution in [0.25, 0.3) is 0 Å². The molecule has 0 fully saturated rings. The average molecular weight is 359 g/mol. The van der Waals surface area contributed by atoms with Crippen LogP contribution in [0.5, 0.6) is 5.75 Å². The SMILES string of the molecule is CC[C@H](C)C(=O)O[As](=O)(O)c1ccc(O)c(NC(C)=O)c1. The van der Waals surface area contributed by atoms with E-state index in [2.05, 4.69) is 5.32 Å². The number of phenolic OH excluding ortho intramolecular Hbond substituents is 1. The minimum absolute atomic E-state index is 0.0183. The quantitative estimate of drug-likeness (QED) is 0.522. The summed E-state index contributed by atoms with van der Waals surface area (Å²) in [6.07, 6.45) is 0.487. The van der Waals surface area contributed by atoms with Crippen molar-refractivity contribution in [1.29, 1.82) is 0 Å². The standard InChI is InChI=1S/C13H18AsNO6/c1-4-8(2)13(18)21-14(19,20)10-5-6-12(17)11(7-10)15-9(3)16/h5-8,17H,4H2,1-3H3,(H,15,16)(H,19,20)/t8-/m0/s1. The van der Waals surface area contributed by atoms with Crippen molar-refractivity contribution in [3.8, 4) is 5.75 Å². The molecule has 1 aromatic rings. The molecule has 0 radical (unpaired) electrons. The first-order valence-corrected chi connectivity index (χ1v) is 9.65. The monoisotopic (exact) mass is 359 g/mol. The summed E-state index contributed by atoms with van der Waals surface area (Å²) in [5.41, 5.74) is -0.0183. The van der Waals surface area contributed by atoms with Gasteiger partial charge in [-0.1, -0.05) is 0 Å². The zero-order chi connectivity index (χ0) is 16.2. The third kappa shape index (κ3) is 4.65. The number of hydrogen-bond donors (Lipinski definition) is 3. The van der Waals surface area contributed by atoms with Gasteiger partial charge in [0.1, 0.15) is 0 Å². The number of anilines is 1. The van der Waals surface area contributed by atoms with Gasteiger partial charge < -0.3 is 0 Å². The van der Waals surface area contributed by atoms with E-state index >= 15 is 0 Å². The average Bonchev–Trinajstić information content (AvgIpc) is 2.39. The first-order valence-electron chi connectivity index (χ1n) is 6.34. The van der Waals surface area contributed by atoms with Gasteiger partial charge in [0.25, 0.3) is 0 Å². The Morgan fingerprint density at radius 3 is 2.57 bits per heavy atom. The van der Waals surface area contributed by atoms with Crippen molar-refractivity contribution in [2.45, 2.75) is 27.2 Å². The summed E-state index contributed by atoms with van der Waals surface area (Å²) in [6, 6.07) is 3.47. The van der Waals surface area contributed by atoms with E-state index in [0.29, 0.717) is 6.42 Å². The van der Waals surface area contributed by atoms with Gasteiger partial charge in [0.15, 0.2) is 0 Å². The van der Waals surface area contributed by atoms with Crippen LogP contribution in [0.2, 0.25) is 0 Å². The maximum absolute atomic E-state index is 12.2. The fourth-order valence-electron chi connectivity index (χ4n) is 1.42. The van der Waals surface area contributed by atoms with E-state index in [0.717, 1.165) is 12.1 Å². The Balaban J connectivity index is 3.05. The second-order valence-corrected chi connectivity index (χ2v) is 8.27. The van der Waals surface area contributed by atoms with Crippen LogP contribution < -0.4 is 9.67 Å². The number of hydrogen-bond acceptors (Lipinski definition) is 5. The zero-order valence-corrected chi connectivity index (χ0v) is 13.9. The predicted molar refractivity (Wildman–Crippen MR) is 76.3 cm³/mol. The number of amides is 1. The van der Waals surface area contributed by atoms with Gasteiger partial charge in [0.05, 0.1) is 0 Å². The molecular formula is C13H18AsNO6. The molecule has 0 saturated heterocycles.